The lowest BCUT2D eigenvalue weighted by Crippen LogP contribution is -2.36. The van der Waals surface area contributed by atoms with E-state index >= 15 is 0 Å². The van der Waals surface area contributed by atoms with Gasteiger partial charge < -0.3 is 10.5 Å². The first kappa shape index (κ1) is 10.1. The Bertz CT molecular complexity index is 390. The van der Waals surface area contributed by atoms with Crippen LogP contribution < -0.4 is 11.1 Å². The van der Waals surface area contributed by atoms with E-state index in [2.05, 4.69) is 5.32 Å². The Morgan fingerprint density at radius 1 is 1.60 bits per heavy atom. The molecule has 0 saturated heterocycles. The predicted octanol–water partition coefficient (Wildman–Crippen LogP) is 0.576. The van der Waals surface area contributed by atoms with Gasteiger partial charge in [-0.15, -0.1) is 0 Å². The van der Waals surface area contributed by atoms with Crippen molar-refractivity contribution in [2.45, 2.75) is 12.6 Å². The van der Waals surface area contributed by atoms with Crippen LogP contribution in [0.3, 0.4) is 0 Å². The third-order valence-corrected chi connectivity index (χ3v) is 2.67. The third kappa shape index (κ3) is 1.73. The summed E-state index contributed by atoms with van der Waals surface area (Å²) in [5, 5.41) is 3.13. The minimum absolute atomic E-state index is 0.274. The smallest absolute Gasteiger partial charge is 0.338 e. The molecular weight excluding hydrogens is 192 g/mol. The van der Waals surface area contributed by atoms with Crippen LogP contribution in [0.5, 0.6) is 0 Å². The molecule has 0 amide bonds. The highest BCUT2D eigenvalue weighted by molar-refractivity contribution is 5.91. The summed E-state index contributed by atoms with van der Waals surface area (Å²) < 4.78 is 4.73. The fourth-order valence-electron chi connectivity index (χ4n) is 1.95. The van der Waals surface area contributed by atoms with Crippen molar-refractivity contribution in [2.75, 3.05) is 13.7 Å². The summed E-state index contributed by atoms with van der Waals surface area (Å²) in [5.41, 5.74) is 8.49. The van der Waals surface area contributed by atoms with E-state index in [-0.39, 0.29) is 12.1 Å². The normalized spacial score (nSPS) is 19.5. The van der Waals surface area contributed by atoms with Crippen LogP contribution in [0.15, 0.2) is 18.2 Å². The zero-order chi connectivity index (χ0) is 10.8. The molecule has 0 saturated carbocycles. The maximum atomic E-state index is 11.5. The lowest BCUT2D eigenvalue weighted by molar-refractivity contribution is 0.0598. The maximum absolute atomic E-state index is 11.5. The van der Waals surface area contributed by atoms with Gasteiger partial charge in [0.05, 0.1) is 18.8 Å². The molecule has 0 fully saturated rings. The van der Waals surface area contributed by atoms with E-state index in [1.165, 1.54) is 7.11 Å². The highest BCUT2D eigenvalue weighted by Gasteiger charge is 2.22. The topological polar surface area (TPSA) is 64.3 Å². The molecule has 0 bridgehead atoms. The summed E-state index contributed by atoms with van der Waals surface area (Å²) in [6.45, 7) is 0.846. The van der Waals surface area contributed by atoms with E-state index in [0.29, 0.717) is 5.56 Å². The molecule has 1 unspecified atom stereocenters. The number of benzene rings is 1. The lowest BCUT2D eigenvalue weighted by atomic mass is 9.94. The van der Waals surface area contributed by atoms with Crippen LogP contribution in [0.25, 0.3) is 0 Å². The van der Waals surface area contributed by atoms with Gasteiger partial charge in [0, 0.05) is 12.1 Å². The van der Waals surface area contributed by atoms with E-state index in [1.807, 2.05) is 12.1 Å². The second-order valence-electron chi connectivity index (χ2n) is 3.55. The van der Waals surface area contributed by atoms with Crippen LogP contribution in [0.4, 0.5) is 0 Å². The molecule has 15 heavy (non-hydrogen) atoms. The van der Waals surface area contributed by atoms with Gasteiger partial charge in [0.15, 0.2) is 0 Å². The molecule has 1 aliphatic rings. The van der Waals surface area contributed by atoms with Crippen LogP contribution in [0, 0.1) is 0 Å². The van der Waals surface area contributed by atoms with E-state index in [0.717, 1.165) is 24.1 Å². The van der Waals surface area contributed by atoms with E-state index < -0.39 is 0 Å². The number of nitrogens with one attached hydrogen (secondary N) is 1. The fourth-order valence-corrected chi connectivity index (χ4v) is 1.95. The first-order valence-corrected chi connectivity index (χ1v) is 4.93. The van der Waals surface area contributed by atoms with Gasteiger partial charge in [0.2, 0.25) is 0 Å². The summed E-state index contributed by atoms with van der Waals surface area (Å²) in [6, 6.07) is 5.61. The Hall–Kier alpha value is -1.39. The standard InChI is InChI=1S/C11H14N2O2/c1-15-11(14)8-4-2-3-7-5-6-13-10(12)9(7)8/h2-4,10,13H,5-6,12H2,1H3. The van der Waals surface area contributed by atoms with Crippen molar-refractivity contribution < 1.29 is 9.53 Å². The minimum atomic E-state index is -0.328. The quantitative estimate of drug-likeness (QED) is 0.659. The third-order valence-electron chi connectivity index (χ3n) is 2.67. The van der Waals surface area contributed by atoms with Gasteiger partial charge in [-0.25, -0.2) is 4.79 Å². The predicted molar refractivity (Wildman–Crippen MR) is 56.4 cm³/mol. The summed E-state index contributed by atoms with van der Waals surface area (Å²) in [7, 11) is 1.38. The number of nitrogens with two attached hydrogens (primary N) is 1. The van der Waals surface area contributed by atoms with Gasteiger partial charge in [0.25, 0.3) is 0 Å². The molecule has 1 atom stereocenters. The van der Waals surface area contributed by atoms with Gasteiger partial charge in [-0.2, -0.15) is 0 Å². The van der Waals surface area contributed by atoms with Crippen LogP contribution in [-0.4, -0.2) is 19.6 Å². The first-order valence-electron chi connectivity index (χ1n) is 4.93. The van der Waals surface area contributed by atoms with Gasteiger partial charge in [-0.05, 0) is 18.1 Å². The molecule has 1 aliphatic heterocycles. The number of methoxy groups -OCH3 is 1. The van der Waals surface area contributed by atoms with E-state index in [9.17, 15) is 4.79 Å². The number of hydrogen-bond donors (Lipinski definition) is 2. The van der Waals surface area contributed by atoms with Crippen molar-refractivity contribution in [2.24, 2.45) is 5.73 Å². The molecule has 4 heteroatoms. The molecule has 1 aromatic carbocycles. The van der Waals surface area contributed by atoms with Crippen molar-refractivity contribution in [3.63, 3.8) is 0 Å². The summed E-state index contributed by atoms with van der Waals surface area (Å²) in [4.78, 5) is 11.5. The van der Waals surface area contributed by atoms with E-state index in [1.54, 1.807) is 6.07 Å². The van der Waals surface area contributed by atoms with Crippen molar-refractivity contribution in [1.82, 2.24) is 5.32 Å². The van der Waals surface area contributed by atoms with Crippen molar-refractivity contribution >= 4 is 5.97 Å². The molecule has 0 radical (unpaired) electrons. The highest BCUT2D eigenvalue weighted by Crippen LogP contribution is 2.23. The van der Waals surface area contributed by atoms with Crippen LogP contribution in [0.2, 0.25) is 0 Å². The molecule has 1 heterocycles. The second kappa shape index (κ2) is 4.00. The highest BCUT2D eigenvalue weighted by atomic mass is 16.5. The molecule has 0 aliphatic carbocycles. The lowest BCUT2D eigenvalue weighted by Gasteiger charge is -2.25. The van der Waals surface area contributed by atoms with Crippen molar-refractivity contribution in [3.8, 4) is 0 Å². The molecule has 3 N–H and O–H groups in total. The average Bonchev–Trinajstić information content (AvgIpc) is 2.28. The Balaban J connectivity index is 2.51. The number of carbonyl (C=O) groups excluding carboxylic acids is 1. The molecule has 80 valence electrons. The maximum Gasteiger partial charge on any atom is 0.338 e. The molecule has 4 nitrogen and oxygen atoms in total. The van der Waals surface area contributed by atoms with Gasteiger partial charge in [-0.1, -0.05) is 12.1 Å². The van der Waals surface area contributed by atoms with Crippen LogP contribution in [-0.2, 0) is 11.2 Å². The molecule has 0 aromatic heterocycles. The summed E-state index contributed by atoms with van der Waals surface area (Å²) in [5.74, 6) is -0.328. The Labute approximate surface area is 88.4 Å². The first-order chi connectivity index (χ1) is 7.24. The van der Waals surface area contributed by atoms with Crippen molar-refractivity contribution in [1.29, 1.82) is 0 Å². The zero-order valence-electron chi connectivity index (χ0n) is 8.62. The average molecular weight is 206 g/mol. The second-order valence-corrected chi connectivity index (χ2v) is 3.55. The van der Waals surface area contributed by atoms with Crippen LogP contribution >= 0.6 is 0 Å². The Morgan fingerprint density at radius 2 is 2.40 bits per heavy atom. The molecule has 2 rings (SSSR count). The van der Waals surface area contributed by atoms with Crippen molar-refractivity contribution in [3.05, 3.63) is 34.9 Å². The fraction of sp³-hybridized carbons (Fsp3) is 0.364. The molecule has 1 aromatic rings. The SMILES string of the molecule is COC(=O)c1cccc2c1C(N)NCC2. The number of hydrogen-bond acceptors (Lipinski definition) is 4. The largest absolute Gasteiger partial charge is 0.465 e. The zero-order valence-corrected chi connectivity index (χ0v) is 8.62. The van der Waals surface area contributed by atoms with Gasteiger partial charge in [-0.3, -0.25) is 5.32 Å². The number of rotatable bonds is 1. The monoisotopic (exact) mass is 206 g/mol. The van der Waals surface area contributed by atoms with E-state index in [4.69, 9.17) is 10.5 Å². The summed E-state index contributed by atoms with van der Waals surface area (Å²) >= 11 is 0. The number of esters is 1. The number of fused-ring (bicyclic) bond motifs is 1. The minimum Gasteiger partial charge on any atom is -0.465 e. The van der Waals surface area contributed by atoms with Gasteiger partial charge >= 0.3 is 5.97 Å². The van der Waals surface area contributed by atoms with Crippen LogP contribution in [0.1, 0.15) is 27.7 Å². The number of ether oxygens (including phenoxy) is 1. The Kier molecular flexibility index (Phi) is 2.70. The summed E-state index contributed by atoms with van der Waals surface area (Å²) in [6.07, 6.45) is 0.623. The Morgan fingerprint density at radius 3 is 3.13 bits per heavy atom. The molecule has 0 spiro atoms. The van der Waals surface area contributed by atoms with Gasteiger partial charge in [0.1, 0.15) is 0 Å². The number of carbonyl (C=O) groups is 1. The molecular formula is C11H14N2O2.